The van der Waals surface area contributed by atoms with Gasteiger partial charge in [0, 0.05) is 18.5 Å². The molecule has 2 aliphatic heterocycles. The molecule has 0 saturated carbocycles. The molecule has 33 heavy (non-hydrogen) atoms. The van der Waals surface area contributed by atoms with Crippen LogP contribution in [-0.4, -0.2) is 65.8 Å². The van der Waals surface area contributed by atoms with Gasteiger partial charge in [0.25, 0.3) is 17.7 Å². The lowest BCUT2D eigenvalue weighted by Crippen LogP contribution is -2.45. The zero-order valence-electron chi connectivity index (χ0n) is 17.9. The average Bonchev–Trinajstić information content (AvgIpc) is 3.34. The zero-order valence-corrected chi connectivity index (χ0v) is 17.9. The van der Waals surface area contributed by atoms with Crippen LogP contribution >= 0.6 is 0 Å². The summed E-state index contributed by atoms with van der Waals surface area (Å²) in [4.78, 5) is 54.5. The SMILES string of the molecule is C[C@H](C(=O)Nc1c(C(=O)N2CCOCC2)oc2ccccc12)N1C(=O)c2ccccc2C1=O. The van der Waals surface area contributed by atoms with Crippen LogP contribution in [0.15, 0.2) is 52.9 Å². The summed E-state index contributed by atoms with van der Waals surface area (Å²) < 4.78 is 11.1. The molecule has 1 N–H and O–H groups in total. The number of fused-ring (bicyclic) bond motifs is 2. The lowest BCUT2D eigenvalue weighted by Gasteiger charge is -2.26. The standard InChI is InChI=1S/C24H21N3O6/c1-14(27-22(29)15-6-2-3-7-16(15)23(27)30)21(28)25-19-17-8-4-5-9-18(17)33-20(19)24(31)26-10-12-32-13-11-26/h2-9,14H,10-13H2,1H3,(H,25,28)/t14-/m1/s1. The minimum Gasteiger partial charge on any atom is -0.449 e. The molecule has 9 heteroatoms. The minimum atomic E-state index is -1.10. The summed E-state index contributed by atoms with van der Waals surface area (Å²) >= 11 is 0. The quantitative estimate of drug-likeness (QED) is 0.616. The fourth-order valence-electron chi connectivity index (χ4n) is 4.13. The summed E-state index contributed by atoms with van der Waals surface area (Å²) in [5.74, 6) is -2.02. The van der Waals surface area contributed by atoms with Gasteiger partial charge in [0.05, 0.1) is 24.3 Å². The monoisotopic (exact) mass is 447 g/mol. The minimum absolute atomic E-state index is 0.000936. The van der Waals surface area contributed by atoms with Gasteiger partial charge in [0.2, 0.25) is 11.7 Å². The fraction of sp³-hybridized carbons (Fsp3) is 0.250. The van der Waals surface area contributed by atoms with Crippen molar-refractivity contribution in [1.29, 1.82) is 0 Å². The molecule has 1 fully saturated rings. The molecule has 0 radical (unpaired) electrons. The Kier molecular flexibility index (Phi) is 5.18. The highest BCUT2D eigenvalue weighted by molar-refractivity contribution is 6.23. The number of carbonyl (C=O) groups is 4. The van der Waals surface area contributed by atoms with E-state index in [9.17, 15) is 19.2 Å². The summed E-state index contributed by atoms with van der Waals surface area (Å²) in [5.41, 5.74) is 1.19. The number of imide groups is 1. The predicted octanol–water partition coefficient (Wildman–Crippen LogP) is 2.53. The van der Waals surface area contributed by atoms with Crippen LogP contribution in [-0.2, 0) is 9.53 Å². The van der Waals surface area contributed by atoms with Crippen LogP contribution in [0.1, 0.15) is 38.2 Å². The number of furan rings is 1. The van der Waals surface area contributed by atoms with E-state index in [0.29, 0.717) is 37.3 Å². The Morgan fingerprint density at radius 2 is 1.55 bits per heavy atom. The van der Waals surface area contributed by atoms with Crippen molar-refractivity contribution in [2.24, 2.45) is 0 Å². The zero-order chi connectivity index (χ0) is 23.1. The molecule has 0 aliphatic carbocycles. The lowest BCUT2D eigenvalue weighted by atomic mass is 10.1. The maximum atomic E-state index is 13.2. The van der Waals surface area contributed by atoms with E-state index in [0.717, 1.165) is 4.90 Å². The number of morpholine rings is 1. The summed E-state index contributed by atoms with van der Waals surface area (Å²) in [6, 6.07) is 12.3. The van der Waals surface area contributed by atoms with Crippen LogP contribution in [0.5, 0.6) is 0 Å². The van der Waals surface area contributed by atoms with Crippen LogP contribution in [0.25, 0.3) is 11.0 Å². The second-order valence-electron chi connectivity index (χ2n) is 7.90. The smallest absolute Gasteiger partial charge is 0.291 e. The molecule has 3 heterocycles. The second kappa shape index (κ2) is 8.18. The Morgan fingerprint density at radius 3 is 2.21 bits per heavy atom. The van der Waals surface area contributed by atoms with Gasteiger partial charge in [0.1, 0.15) is 17.3 Å². The molecular weight excluding hydrogens is 426 g/mol. The van der Waals surface area contributed by atoms with E-state index in [1.807, 2.05) is 0 Å². The van der Waals surface area contributed by atoms with Gasteiger partial charge in [0.15, 0.2) is 0 Å². The first-order chi connectivity index (χ1) is 16.0. The summed E-state index contributed by atoms with van der Waals surface area (Å²) in [7, 11) is 0. The van der Waals surface area contributed by atoms with E-state index in [-0.39, 0.29) is 28.5 Å². The highest BCUT2D eigenvalue weighted by Crippen LogP contribution is 2.33. The van der Waals surface area contributed by atoms with Crippen molar-refractivity contribution in [2.75, 3.05) is 31.6 Å². The Hall–Kier alpha value is -3.98. The Balaban J connectivity index is 1.45. The van der Waals surface area contributed by atoms with Gasteiger partial charge in [-0.05, 0) is 31.2 Å². The maximum absolute atomic E-state index is 13.2. The van der Waals surface area contributed by atoms with Gasteiger partial charge in [-0.25, -0.2) is 0 Å². The number of ether oxygens (including phenoxy) is 1. The topological polar surface area (TPSA) is 109 Å². The average molecular weight is 447 g/mol. The summed E-state index contributed by atoms with van der Waals surface area (Å²) in [6.07, 6.45) is 0. The van der Waals surface area contributed by atoms with Gasteiger partial charge < -0.3 is 19.4 Å². The first-order valence-electron chi connectivity index (χ1n) is 10.6. The molecule has 9 nitrogen and oxygen atoms in total. The predicted molar refractivity (Wildman–Crippen MR) is 118 cm³/mol. The number of amides is 4. The number of para-hydroxylation sites is 1. The summed E-state index contributed by atoms with van der Waals surface area (Å²) in [5, 5.41) is 3.29. The van der Waals surface area contributed by atoms with E-state index < -0.39 is 23.8 Å². The fourth-order valence-corrected chi connectivity index (χ4v) is 4.13. The van der Waals surface area contributed by atoms with Gasteiger partial charge in [-0.2, -0.15) is 0 Å². The van der Waals surface area contributed by atoms with E-state index >= 15 is 0 Å². The molecule has 5 rings (SSSR count). The van der Waals surface area contributed by atoms with Crippen molar-refractivity contribution in [2.45, 2.75) is 13.0 Å². The number of nitrogens with one attached hydrogen (secondary N) is 1. The van der Waals surface area contributed by atoms with Crippen LogP contribution in [0, 0.1) is 0 Å². The van der Waals surface area contributed by atoms with E-state index in [1.54, 1.807) is 53.4 Å². The molecule has 0 spiro atoms. The molecule has 4 amide bonds. The molecular formula is C24H21N3O6. The van der Waals surface area contributed by atoms with Crippen molar-refractivity contribution >= 4 is 40.3 Å². The van der Waals surface area contributed by atoms with E-state index in [4.69, 9.17) is 9.15 Å². The lowest BCUT2D eigenvalue weighted by molar-refractivity contribution is -0.119. The molecule has 1 atom stereocenters. The molecule has 3 aromatic rings. The molecule has 2 aromatic carbocycles. The first kappa shape index (κ1) is 20.9. The van der Waals surface area contributed by atoms with Crippen molar-refractivity contribution in [3.63, 3.8) is 0 Å². The first-order valence-corrected chi connectivity index (χ1v) is 10.6. The normalized spacial score (nSPS) is 16.8. The number of benzene rings is 2. The molecule has 1 saturated heterocycles. The van der Waals surface area contributed by atoms with E-state index in [2.05, 4.69) is 5.32 Å². The van der Waals surface area contributed by atoms with Crippen molar-refractivity contribution in [1.82, 2.24) is 9.80 Å². The third-order valence-corrected chi connectivity index (χ3v) is 5.93. The Bertz CT molecular complexity index is 1260. The Labute approximate surface area is 188 Å². The van der Waals surface area contributed by atoms with Crippen molar-refractivity contribution < 1.29 is 28.3 Å². The molecule has 168 valence electrons. The van der Waals surface area contributed by atoms with Crippen molar-refractivity contribution in [3.8, 4) is 0 Å². The van der Waals surface area contributed by atoms with Gasteiger partial charge in [-0.1, -0.05) is 24.3 Å². The van der Waals surface area contributed by atoms with Crippen LogP contribution in [0.2, 0.25) is 0 Å². The van der Waals surface area contributed by atoms with Crippen molar-refractivity contribution in [3.05, 3.63) is 65.4 Å². The van der Waals surface area contributed by atoms with Crippen LogP contribution in [0.4, 0.5) is 5.69 Å². The highest BCUT2D eigenvalue weighted by atomic mass is 16.5. The number of anilines is 1. The molecule has 0 unspecified atom stereocenters. The number of nitrogens with zero attached hydrogens (tertiary/aromatic N) is 2. The van der Waals surface area contributed by atoms with Gasteiger partial charge in [-0.15, -0.1) is 0 Å². The third-order valence-electron chi connectivity index (χ3n) is 5.93. The highest BCUT2D eigenvalue weighted by Gasteiger charge is 2.41. The maximum Gasteiger partial charge on any atom is 0.291 e. The molecule has 0 bridgehead atoms. The largest absolute Gasteiger partial charge is 0.449 e. The third kappa shape index (κ3) is 3.46. The number of rotatable bonds is 4. The van der Waals surface area contributed by atoms with Crippen LogP contribution < -0.4 is 5.32 Å². The number of carbonyl (C=O) groups excluding carboxylic acids is 4. The van der Waals surface area contributed by atoms with Crippen LogP contribution in [0.3, 0.4) is 0 Å². The number of hydrogen-bond acceptors (Lipinski definition) is 6. The van der Waals surface area contributed by atoms with E-state index in [1.165, 1.54) is 6.92 Å². The molecule has 2 aliphatic rings. The Morgan fingerprint density at radius 1 is 0.939 bits per heavy atom. The number of hydrogen-bond donors (Lipinski definition) is 1. The summed E-state index contributed by atoms with van der Waals surface area (Å²) in [6.45, 7) is 3.14. The second-order valence-corrected chi connectivity index (χ2v) is 7.90. The van der Waals surface area contributed by atoms with Gasteiger partial charge in [-0.3, -0.25) is 24.1 Å². The molecule has 1 aromatic heterocycles. The van der Waals surface area contributed by atoms with Gasteiger partial charge >= 0.3 is 0 Å².